The number of aryl methyl sites for hydroxylation is 1. The second-order valence-electron chi connectivity index (χ2n) is 4.58. The molecule has 1 N–H and O–H groups in total. The van der Waals surface area contributed by atoms with Crippen molar-refractivity contribution < 1.29 is 0 Å². The monoisotopic (exact) mass is 370 g/mol. The number of aromatic nitrogens is 1. The molecular formula is C14H15IN2S. The zero-order valence-corrected chi connectivity index (χ0v) is 13.0. The smallest absolute Gasteiger partial charge is 0.0659 e. The Bertz CT molecular complexity index is 524. The predicted molar refractivity (Wildman–Crippen MR) is 83.8 cm³/mol. The van der Waals surface area contributed by atoms with Gasteiger partial charge in [0.05, 0.1) is 8.58 Å². The van der Waals surface area contributed by atoms with Crippen molar-refractivity contribution >= 4 is 33.9 Å². The van der Waals surface area contributed by atoms with Gasteiger partial charge in [0.25, 0.3) is 0 Å². The summed E-state index contributed by atoms with van der Waals surface area (Å²) < 4.78 is 1.41. The number of hydrogen-bond acceptors (Lipinski definition) is 3. The van der Waals surface area contributed by atoms with Crippen LogP contribution in [0.1, 0.15) is 35.0 Å². The van der Waals surface area contributed by atoms with Crippen molar-refractivity contribution in [3.05, 3.63) is 49.5 Å². The van der Waals surface area contributed by atoms with Crippen LogP contribution in [0.3, 0.4) is 0 Å². The Morgan fingerprint density at radius 2 is 2.39 bits per heavy atom. The van der Waals surface area contributed by atoms with Crippen molar-refractivity contribution in [2.45, 2.75) is 31.8 Å². The number of nitrogens with zero attached hydrogens (tertiary/aromatic N) is 1. The highest BCUT2D eigenvalue weighted by Gasteiger charge is 2.22. The average molecular weight is 370 g/mol. The topological polar surface area (TPSA) is 24.9 Å². The molecule has 0 fully saturated rings. The summed E-state index contributed by atoms with van der Waals surface area (Å²) in [6.07, 6.45) is 5.65. The van der Waals surface area contributed by atoms with Crippen LogP contribution in [0, 0.1) is 2.88 Å². The third kappa shape index (κ3) is 2.75. The van der Waals surface area contributed by atoms with E-state index in [0.29, 0.717) is 6.04 Å². The van der Waals surface area contributed by atoms with Gasteiger partial charge in [0.15, 0.2) is 0 Å². The van der Waals surface area contributed by atoms with Gasteiger partial charge in [-0.25, -0.2) is 0 Å². The lowest BCUT2D eigenvalue weighted by Gasteiger charge is -2.23. The van der Waals surface area contributed by atoms with Gasteiger partial charge in [-0.1, -0.05) is 6.07 Å². The maximum atomic E-state index is 4.36. The largest absolute Gasteiger partial charge is 0.304 e. The Morgan fingerprint density at radius 3 is 3.22 bits per heavy atom. The van der Waals surface area contributed by atoms with Gasteiger partial charge in [-0.05, 0) is 65.6 Å². The van der Waals surface area contributed by atoms with Crippen LogP contribution < -0.4 is 5.32 Å². The van der Waals surface area contributed by atoms with E-state index in [1.165, 1.54) is 27.7 Å². The molecule has 0 saturated heterocycles. The molecule has 0 radical (unpaired) electrons. The molecule has 0 aromatic carbocycles. The minimum atomic E-state index is 0.510. The van der Waals surface area contributed by atoms with Crippen LogP contribution in [0.4, 0.5) is 0 Å². The highest BCUT2D eigenvalue weighted by molar-refractivity contribution is 14.1. The summed E-state index contributed by atoms with van der Waals surface area (Å²) in [5.74, 6) is 0. The lowest BCUT2D eigenvalue weighted by molar-refractivity contribution is 0.460. The summed E-state index contributed by atoms with van der Waals surface area (Å²) in [6, 6.07) is 8.94. The van der Waals surface area contributed by atoms with E-state index < -0.39 is 0 Å². The molecule has 1 aliphatic carbocycles. The number of halogens is 1. The second kappa shape index (κ2) is 5.67. The van der Waals surface area contributed by atoms with Crippen LogP contribution in [0.2, 0.25) is 0 Å². The lowest BCUT2D eigenvalue weighted by atomic mass is 9.94. The maximum absolute atomic E-state index is 4.36. The quantitative estimate of drug-likeness (QED) is 0.829. The van der Waals surface area contributed by atoms with Crippen molar-refractivity contribution in [1.82, 2.24) is 10.3 Å². The minimum Gasteiger partial charge on any atom is -0.304 e. The van der Waals surface area contributed by atoms with E-state index in [2.05, 4.69) is 45.0 Å². The molecule has 2 nitrogen and oxygen atoms in total. The van der Waals surface area contributed by atoms with E-state index in [1.807, 2.05) is 29.7 Å². The first-order chi connectivity index (χ1) is 8.83. The summed E-state index contributed by atoms with van der Waals surface area (Å²) in [4.78, 5) is 5.94. The number of fused-ring (bicyclic) bond motifs is 1. The van der Waals surface area contributed by atoms with Crippen LogP contribution in [0.15, 0.2) is 30.5 Å². The van der Waals surface area contributed by atoms with Crippen molar-refractivity contribution in [3.63, 3.8) is 0 Å². The first-order valence-electron chi connectivity index (χ1n) is 6.24. The highest BCUT2D eigenvalue weighted by atomic mass is 127. The molecule has 0 amide bonds. The standard InChI is InChI=1S/C14H15IN2S/c15-14-8-11-12(5-3-6-13(11)18-14)17-9-10-4-1-2-7-16-10/h1-2,4,7-8,12,17H,3,5-6,9H2. The van der Waals surface area contributed by atoms with Crippen molar-refractivity contribution in [2.24, 2.45) is 0 Å². The lowest BCUT2D eigenvalue weighted by Crippen LogP contribution is -2.24. The summed E-state index contributed by atoms with van der Waals surface area (Å²) in [5.41, 5.74) is 2.64. The Balaban J connectivity index is 1.71. The van der Waals surface area contributed by atoms with E-state index in [1.54, 1.807) is 4.88 Å². The van der Waals surface area contributed by atoms with Crippen molar-refractivity contribution in [3.8, 4) is 0 Å². The number of thiophene rings is 1. The van der Waals surface area contributed by atoms with Crippen molar-refractivity contribution in [1.29, 1.82) is 0 Å². The first kappa shape index (κ1) is 12.6. The molecule has 0 bridgehead atoms. The summed E-state index contributed by atoms with van der Waals surface area (Å²) in [5, 5.41) is 3.65. The van der Waals surface area contributed by atoms with Crippen LogP contribution in [0.5, 0.6) is 0 Å². The molecule has 0 saturated carbocycles. The molecule has 2 heterocycles. The maximum Gasteiger partial charge on any atom is 0.0659 e. The first-order valence-corrected chi connectivity index (χ1v) is 8.14. The van der Waals surface area contributed by atoms with Crippen LogP contribution in [0.25, 0.3) is 0 Å². The zero-order chi connectivity index (χ0) is 12.4. The number of rotatable bonds is 3. The fourth-order valence-electron chi connectivity index (χ4n) is 2.46. The fraction of sp³-hybridized carbons (Fsp3) is 0.357. The predicted octanol–water partition coefficient (Wildman–Crippen LogP) is 3.91. The average Bonchev–Trinajstić information content (AvgIpc) is 2.78. The Morgan fingerprint density at radius 1 is 1.44 bits per heavy atom. The van der Waals surface area contributed by atoms with E-state index >= 15 is 0 Å². The number of pyridine rings is 1. The molecule has 18 heavy (non-hydrogen) atoms. The number of hydrogen-bond donors (Lipinski definition) is 1. The van der Waals surface area contributed by atoms with E-state index in [-0.39, 0.29) is 0 Å². The van der Waals surface area contributed by atoms with Gasteiger partial charge in [0.2, 0.25) is 0 Å². The molecule has 94 valence electrons. The van der Waals surface area contributed by atoms with Crippen LogP contribution in [-0.2, 0) is 13.0 Å². The van der Waals surface area contributed by atoms with Crippen LogP contribution >= 0.6 is 33.9 Å². The molecule has 0 aliphatic heterocycles. The van der Waals surface area contributed by atoms with Crippen LogP contribution in [-0.4, -0.2) is 4.98 Å². The highest BCUT2D eigenvalue weighted by Crippen LogP contribution is 2.36. The molecule has 1 aliphatic rings. The Kier molecular flexibility index (Phi) is 3.96. The van der Waals surface area contributed by atoms with Gasteiger partial charge in [-0.15, -0.1) is 11.3 Å². The third-order valence-corrected chi connectivity index (χ3v) is 5.31. The second-order valence-corrected chi connectivity index (χ2v) is 7.61. The number of nitrogens with one attached hydrogen (secondary N) is 1. The summed E-state index contributed by atoms with van der Waals surface area (Å²) in [7, 11) is 0. The van der Waals surface area contributed by atoms with E-state index in [4.69, 9.17) is 0 Å². The molecular weight excluding hydrogens is 355 g/mol. The molecule has 1 atom stereocenters. The van der Waals surface area contributed by atoms with Gasteiger partial charge >= 0.3 is 0 Å². The minimum absolute atomic E-state index is 0.510. The van der Waals surface area contributed by atoms with Gasteiger partial charge in [-0.2, -0.15) is 0 Å². The normalized spacial score (nSPS) is 18.6. The van der Waals surface area contributed by atoms with E-state index in [0.717, 1.165) is 12.2 Å². The SMILES string of the molecule is Ic1cc2c(s1)CCCC2NCc1ccccn1. The van der Waals surface area contributed by atoms with Gasteiger partial charge in [0, 0.05) is 23.7 Å². The van der Waals surface area contributed by atoms with E-state index in [9.17, 15) is 0 Å². The fourth-order valence-corrected chi connectivity index (χ4v) is 4.58. The third-order valence-electron chi connectivity index (χ3n) is 3.34. The molecule has 3 rings (SSSR count). The Labute approximate surface area is 125 Å². The summed E-state index contributed by atoms with van der Waals surface area (Å²) in [6.45, 7) is 0.859. The molecule has 1 unspecified atom stereocenters. The van der Waals surface area contributed by atoms with Gasteiger partial charge in [0.1, 0.15) is 0 Å². The van der Waals surface area contributed by atoms with Gasteiger partial charge in [-0.3, -0.25) is 4.98 Å². The zero-order valence-electron chi connectivity index (χ0n) is 10.0. The molecule has 0 spiro atoms. The summed E-state index contributed by atoms with van der Waals surface area (Å²) >= 11 is 4.38. The molecule has 2 aromatic rings. The molecule has 4 heteroatoms. The molecule has 2 aromatic heterocycles. The van der Waals surface area contributed by atoms with Crippen molar-refractivity contribution in [2.75, 3.05) is 0 Å². The van der Waals surface area contributed by atoms with Gasteiger partial charge < -0.3 is 5.32 Å². The Hall–Kier alpha value is -0.460.